The topological polar surface area (TPSA) is 58.6 Å². The third kappa shape index (κ3) is 2.33. The van der Waals surface area contributed by atoms with Gasteiger partial charge in [-0.3, -0.25) is 4.79 Å². The van der Waals surface area contributed by atoms with Gasteiger partial charge in [0.05, 0.1) is 19.8 Å². The molecule has 17 heavy (non-hydrogen) atoms. The Morgan fingerprint density at radius 1 is 1.47 bits per heavy atom. The molecule has 1 aliphatic heterocycles. The summed E-state index contributed by atoms with van der Waals surface area (Å²) in [5.41, 5.74) is 1.52. The highest BCUT2D eigenvalue weighted by atomic mass is 16.5. The van der Waals surface area contributed by atoms with Crippen molar-refractivity contribution < 1.29 is 14.6 Å². The molecule has 1 aromatic rings. The van der Waals surface area contributed by atoms with E-state index in [0.29, 0.717) is 19.8 Å². The third-order valence-electron chi connectivity index (χ3n) is 3.24. The largest absolute Gasteiger partial charge is 0.395 e. The van der Waals surface area contributed by atoms with Gasteiger partial charge < -0.3 is 15.2 Å². The van der Waals surface area contributed by atoms with E-state index in [9.17, 15) is 9.90 Å². The molecular weight excluding hydrogens is 218 g/mol. The lowest BCUT2D eigenvalue weighted by Gasteiger charge is -2.38. The summed E-state index contributed by atoms with van der Waals surface area (Å²) < 4.78 is 5.01. The maximum Gasteiger partial charge on any atom is 0.233 e. The van der Waals surface area contributed by atoms with Crippen molar-refractivity contribution in [2.75, 3.05) is 19.8 Å². The average molecular weight is 235 g/mol. The summed E-state index contributed by atoms with van der Waals surface area (Å²) in [6.45, 7) is 2.96. The van der Waals surface area contributed by atoms with Gasteiger partial charge in [0.2, 0.25) is 5.91 Å². The van der Waals surface area contributed by atoms with Crippen LogP contribution >= 0.6 is 0 Å². The molecule has 1 saturated heterocycles. The molecule has 1 aliphatic rings. The molecule has 0 radical (unpaired) electrons. The first-order valence-corrected chi connectivity index (χ1v) is 5.69. The Bertz CT molecular complexity index is 407. The molecule has 0 aliphatic carbocycles. The van der Waals surface area contributed by atoms with Crippen LogP contribution in [-0.2, 0) is 16.1 Å². The minimum Gasteiger partial charge on any atom is -0.395 e. The molecule has 1 amide bonds. The number of carbonyl (C=O) groups excluding carboxylic acids is 1. The standard InChI is InChI=1S/C13H17NO3/c1-10-4-2-3-5-11(10)6-14-12(16)13(7-15)8-17-9-13/h2-5,15H,6-9H2,1H3,(H,14,16). The molecule has 4 nitrogen and oxygen atoms in total. The zero-order valence-electron chi connectivity index (χ0n) is 9.90. The second-order valence-electron chi connectivity index (χ2n) is 4.54. The van der Waals surface area contributed by atoms with E-state index in [1.807, 2.05) is 31.2 Å². The van der Waals surface area contributed by atoms with Gasteiger partial charge in [-0.05, 0) is 18.1 Å². The summed E-state index contributed by atoms with van der Waals surface area (Å²) in [5.74, 6) is -0.130. The maximum atomic E-state index is 11.9. The number of rotatable bonds is 4. The van der Waals surface area contributed by atoms with Crippen LogP contribution in [-0.4, -0.2) is 30.8 Å². The first-order valence-electron chi connectivity index (χ1n) is 5.69. The van der Waals surface area contributed by atoms with Crippen molar-refractivity contribution in [3.63, 3.8) is 0 Å². The number of nitrogens with one attached hydrogen (secondary N) is 1. The summed E-state index contributed by atoms with van der Waals surface area (Å²) in [4.78, 5) is 11.9. The van der Waals surface area contributed by atoms with E-state index in [0.717, 1.165) is 11.1 Å². The summed E-state index contributed by atoms with van der Waals surface area (Å²) in [5, 5.41) is 12.1. The number of ether oxygens (including phenoxy) is 1. The first kappa shape index (κ1) is 12.1. The van der Waals surface area contributed by atoms with Crippen LogP contribution in [0, 0.1) is 12.3 Å². The van der Waals surface area contributed by atoms with Crippen LogP contribution in [0.5, 0.6) is 0 Å². The van der Waals surface area contributed by atoms with Gasteiger partial charge in [0.25, 0.3) is 0 Å². The van der Waals surface area contributed by atoms with Gasteiger partial charge >= 0.3 is 0 Å². The van der Waals surface area contributed by atoms with Gasteiger partial charge in [-0.25, -0.2) is 0 Å². The van der Waals surface area contributed by atoms with Crippen LogP contribution in [0.2, 0.25) is 0 Å². The molecule has 0 spiro atoms. The highest BCUT2D eigenvalue weighted by molar-refractivity contribution is 5.83. The van der Waals surface area contributed by atoms with E-state index >= 15 is 0 Å². The van der Waals surface area contributed by atoms with Gasteiger partial charge in [0.15, 0.2) is 0 Å². The Labute approximate surface area is 101 Å². The highest BCUT2D eigenvalue weighted by Gasteiger charge is 2.45. The average Bonchev–Trinajstić information content (AvgIpc) is 2.27. The second kappa shape index (κ2) is 4.85. The number of hydrogen-bond acceptors (Lipinski definition) is 3. The van der Waals surface area contributed by atoms with Gasteiger partial charge in [0, 0.05) is 6.54 Å². The number of amides is 1. The Hall–Kier alpha value is -1.39. The molecular formula is C13H17NO3. The van der Waals surface area contributed by atoms with Crippen molar-refractivity contribution in [2.24, 2.45) is 5.41 Å². The van der Waals surface area contributed by atoms with E-state index in [2.05, 4.69) is 5.32 Å². The Morgan fingerprint density at radius 2 is 2.18 bits per heavy atom. The van der Waals surface area contributed by atoms with Crippen LogP contribution in [0.4, 0.5) is 0 Å². The molecule has 2 rings (SSSR count). The summed E-state index contributed by atoms with van der Waals surface area (Å²) in [7, 11) is 0. The molecule has 0 unspecified atom stereocenters. The SMILES string of the molecule is Cc1ccccc1CNC(=O)C1(CO)COC1. The van der Waals surface area contributed by atoms with Gasteiger partial charge in [-0.2, -0.15) is 0 Å². The van der Waals surface area contributed by atoms with Gasteiger partial charge in [-0.1, -0.05) is 24.3 Å². The maximum absolute atomic E-state index is 11.9. The van der Waals surface area contributed by atoms with Crippen molar-refractivity contribution >= 4 is 5.91 Å². The second-order valence-corrected chi connectivity index (χ2v) is 4.54. The minimum absolute atomic E-state index is 0.130. The van der Waals surface area contributed by atoms with Crippen molar-refractivity contribution in [3.8, 4) is 0 Å². The van der Waals surface area contributed by atoms with Crippen LogP contribution in [0.1, 0.15) is 11.1 Å². The number of benzene rings is 1. The van der Waals surface area contributed by atoms with Crippen LogP contribution in [0.15, 0.2) is 24.3 Å². The number of aryl methyl sites for hydroxylation is 1. The fraction of sp³-hybridized carbons (Fsp3) is 0.462. The van der Waals surface area contributed by atoms with E-state index in [1.165, 1.54) is 0 Å². The lowest BCUT2D eigenvalue weighted by Crippen LogP contribution is -2.56. The number of aliphatic hydroxyl groups is 1. The van der Waals surface area contributed by atoms with Gasteiger partial charge in [0.1, 0.15) is 5.41 Å². The lowest BCUT2D eigenvalue weighted by molar-refractivity contribution is -0.170. The first-order chi connectivity index (χ1) is 8.18. The van der Waals surface area contributed by atoms with Crippen LogP contribution in [0.25, 0.3) is 0 Å². The van der Waals surface area contributed by atoms with Crippen LogP contribution < -0.4 is 5.32 Å². The molecule has 0 aromatic heterocycles. The molecule has 4 heteroatoms. The van der Waals surface area contributed by atoms with Crippen molar-refractivity contribution in [2.45, 2.75) is 13.5 Å². The Balaban J connectivity index is 1.95. The number of carbonyl (C=O) groups is 1. The normalized spacial score (nSPS) is 17.3. The molecule has 0 atom stereocenters. The summed E-state index contributed by atoms with van der Waals surface area (Å²) in [6.07, 6.45) is 0. The molecule has 0 saturated carbocycles. The van der Waals surface area contributed by atoms with E-state index < -0.39 is 5.41 Å². The van der Waals surface area contributed by atoms with E-state index in [1.54, 1.807) is 0 Å². The molecule has 92 valence electrons. The lowest BCUT2D eigenvalue weighted by atomic mass is 9.86. The molecule has 1 aromatic carbocycles. The number of hydrogen-bond donors (Lipinski definition) is 2. The highest BCUT2D eigenvalue weighted by Crippen LogP contribution is 2.26. The predicted octanol–water partition coefficient (Wildman–Crippen LogP) is 0.620. The molecule has 1 heterocycles. The van der Waals surface area contributed by atoms with E-state index in [4.69, 9.17) is 4.74 Å². The zero-order chi connectivity index (χ0) is 12.3. The van der Waals surface area contributed by atoms with Crippen molar-refractivity contribution in [1.29, 1.82) is 0 Å². The third-order valence-corrected chi connectivity index (χ3v) is 3.24. The quantitative estimate of drug-likeness (QED) is 0.804. The van der Waals surface area contributed by atoms with Gasteiger partial charge in [-0.15, -0.1) is 0 Å². The van der Waals surface area contributed by atoms with Crippen molar-refractivity contribution in [1.82, 2.24) is 5.32 Å². The fourth-order valence-electron chi connectivity index (χ4n) is 1.81. The monoisotopic (exact) mass is 235 g/mol. The summed E-state index contributed by atoms with van der Waals surface area (Å²) >= 11 is 0. The molecule has 2 N–H and O–H groups in total. The fourth-order valence-corrected chi connectivity index (χ4v) is 1.81. The smallest absolute Gasteiger partial charge is 0.233 e. The molecule has 0 bridgehead atoms. The summed E-state index contributed by atoms with van der Waals surface area (Å²) in [6, 6.07) is 7.91. The zero-order valence-corrected chi connectivity index (χ0v) is 9.90. The van der Waals surface area contributed by atoms with E-state index in [-0.39, 0.29) is 12.5 Å². The minimum atomic E-state index is -0.720. The van der Waals surface area contributed by atoms with Crippen LogP contribution in [0.3, 0.4) is 0 Å². The molecule has 1 fully saturated rings. The predicted molar refractivity (Wildman–Crippen MR) is 63.4 cm³/mol. The number of aliphatic hydroxyl groups excluding tert-OH is 1. The Morgan fingerprint density at radius 3 is 2.71 bits per heavy atom. The van der Waals surface area contributed by atoms with Crippen molar-refractivity contribution in [3.05, 3.63) is 35.4 Å². The Kier molecular flexibility index (Phi) is 3.45.